The molecule has 7 heteroatoms. The summed E-state index contributed by atoms with van der Waals surface area (Å²) in [6, 6.07) is 10.3. The third kappa shape index (κ3) is 5.94. The van der Waals surface area contributed by atoms with Crippen LogP contribution in [0.5, 0.6) is 17.2 Å². The van der Waals surface area contributed by atoms with Crippen LogP contribution in [-0.2, 0) is 0 Å². The Morgan fingerprint density at radius 3 is 2.41 bits per heavy atom. The number of benzene rings is 2. The molecule has 0 aromatic heterocycles. The first-order valence-electron chi connectivity index (χ1n) is 8.49. The van der Waals surface area contributed by atoms with E-state index in [-0.39, 0.29) is 12.0 Å². The Labute approximate surface area is 169 Å². The Balaban J connectivity index is 2.02. The summed E-state index contributed by atoms with van der Waals surface area (Å²) < 4.78 is 16.6. The minimum absolute atomic E-state index is 0.0642. The Bertz CT molecular complexity index is 778. The van der Waals surface area contributed by atoms with Gasteiger partial charge in [-0.15, -0.1) is 0 Å². The van der Waals surface area contributed by atoms with Crippen LogP contribution in [0.2, 0.25) is 10.0 Å². The number of likely N-dealkylation sites (N-methyl/N-ethyl adjacent to an activating group) is 1. The van der Waals surface area contributed by atoms with Gasteiger partial charge in [-0.2, -0.15) is 0 Å². The molecule has 146 valence electrons. The van der Waals surface area contributed by atoms with Crippen molar-refractivity contribution in [3.05, 3.63) is 52.0 Å². The molecule has 0 aliphatic heterocycles. The average molecular weight is 412 g/mol. The van der Waals surface area contributed by atoms with Gasteiger partial charge in [-0.1, -0.05) is 23.2 Å². The van der Waals surface area contributed by atoms with Gasteiger partial charge in [0.05, 0.1) is 24.8 Å². The molecule has 0 unspecified atom stereocenters. The molecule has 0 saturated carbocycles. The van der Waals surface area contributed by atoms with Gasteiger partial charge in [-0.25, -0.2) is 0 Å². The normalized spacial score (nSPS) is 10.6. The van der Waals surface area contributed by atoms with Crippen molar-refractivity contribution in [2.45, 2.75) is 20.0 Å². The van der Waals surface area contributed by atoms with E-state index >= 15 is 0 Å². The van der Waals surface area contributed by atoms with E-state index in [0.717, 1.165) is 0 Å². The molecule has 5 nitrogen and oxygen atoms in total. The Kier molecular flexibility index (Phi) is 7.63. The quantitative estimate of drug-likeness (QED) is 0.616. The number of nitrogens with zero attached hydrogens (tertiary/aromatic N) is 1. The van der Waals surface area contributed by atoms with Gasteiger partial charge in [-0.05, 0) is 50.2 Å². The molecule has 0 aliphatic rings. The second kappa shape index (κ2) is 9.72. The van der Waals surface area contributed by atoms with Gasteiger partial charge in [0.1, 0.15) is 12.4 Å². The van der Waals surface area contributed by atoms with Crippen molar-refractivity contribution >= 4 is 29.1 Å². The van der Waals surface area contributed by atoms with Crippen LogP contribution in [0.4, 0.5) is 0 Å². The predicted octanol–water partition coefficient (Wildman–Crippen LogP) is 4.94. The number of carbonyl (C=O) groups is 1. The summed E-state index contributed by atoms with van der Waals surface area (Å²) in [4.78, 5) is 14.2. The van der Waals surface area contributed by atoms with E-state index in [9.17, 15) is 4.79 Å². The highest BCUT2D eigenvalue weighted by molar-refractivity contribution is 6.32. The molecule has 0 atom stereocenters. The van der Waals surface area contributed by atoms with E-state index in [1.807, 2.05) is 13.8 Å². The molecule has 2 rings (SSSR count). The standard InChI is InChI=1S/C20H23Cl2NO4/c1-13(2)27-19-17(22)11-14(12-18(19)25-4)20(24)23(3)9-10-26-16-7-5-15(21)6-8-16/h5-8,11-13H,9-10H2,1-4H3. The van der Waals surface area contributed by atoms with Gasteiger partial charge < -0.3 is 19.1 Å². The highest BCUT2D eigenvalue weighted by Crippen LogP contribution is 2.37. The predicted molar refractivity (Wildman–Crippen MR) is 108 cm³/mol. The summed E-state index contributed by atoms with van der Waals surface area (Å²) >= 11 is 12.1. The van der Waals surface area contributed by atoms with Crippen molar-refractivity contribution in [2.24, 2.45) is 0 Å². The van der Waals surface area contributed by atoms with Gasteiger partial charge in [0.25, 0.3) is 5.91 Å². The van der Waals surface area contributed by atoms with Crippen LogP contribution >= 0.6 is 23.2 Å². The summed E-state index contributed by atoms with van der Waals surface area (Å²) in [6.45, 7) is 4.54. The number of amides is 1. The van der Waals surface area contributed by atoms with Gasteiger partial charge in [0.15, 0.2) is 11.5 Å². The molecule has 27 heavy (non-hydrogen) atoms. The number of carbonyl (C=O) groups excluding carboxylic acids is 1. The molecule has 0 saturated heterocycles. The van der Waals surface area contributed by atoms with Crippen LogP contribution in [0.15, 0.2) is 36.4 Å². The fraction of sp³-hybridized carbons (Fsp3) is 0.350. The molecule has 0 bridgehead atoms. The minimum atomic E-state index is -0.189. The van der Waals surface area contributed by atoms with Gasteiger partial charge in [0, 0.05) is 17.6 Å². The summed E-state index contributed by atoms with van der Waals surface area (Å²) in [7, 11) is 3.21. The summed E-state index contributed by atoms with van der Waals surface area (Å²) in [6.07, 6.45) is -0.0642. The van der Waals surface area contributed by atoms with Crippen molar-refractivity contribution in [1.82, 2.24) is 4.90 Å². The number of halogens is 2. The second-order valence-electron chi connectivity index (χ2n) is 6.19. The van der Waals surface area contributed by atoms with Crippen LogP contribution < -0.4 is 14.2 Å². The molecule has 0 aliphatic carbocycles. The maximum Gasteiger partial charge on any atom is 0.253 e. The van der Waals surface area contributed by atoms with Crippen LogP contribution in [-0.4, -0.2) is 44.2 Å². The van der Waals surface area contributed by atoms with Gasteiger partial charge in [0.2, 0.25) is 0 Å². The number of rotatable bonds is 8. The van der Waals surface area contributed by atoms with Crippen molar-refractivity contribution in [1.29, 1.82) is 0 Å². The Morgan fingerprint density at radius 2 is 1.81 bits per heavy atom. The van der Waals surface area contributed by atoms with E-state index in [4.69, 9.17) is 37.4 Å². The molecular weight excluding hydrogens is 389 g/mol. The third-order valence-electron chi connectivity index (χ3n) is 3.69. The largest absolute Gasteiger partial charge is 0.493 e. The zero-order chi connectivity index (χ0) is 20.0. The van der Waals surface area contributed by atoms with E-state index in [1.165, 1.54) is 7.11 Å². The monoisotopic (exact) mass is 411 g/mol. The number of hydrogen-bond donors (Lipinski definition) is 0. The lowest BCUT2D eigenvalue weighted by atomic mass is 10.1. The molecule has 0 spiro atoms. The van der Waals surface area contributed by atoms with Crippen LogP contribution in [0.3, 0.4) is 0 Å². The first-order valence-corrected chi connectivity index (χ1v) is 9.25. The summed E-state index contributed by atoms with van der Waals surface area (Å²) in [5, 5.41) is 0.975. The van der Waals surface area contributed by atoms with E-state index < -0.39 is 0 Å². The second-order valence-corrected chi connectivity index (χ2v) is 7.03. The molecule has 0 N–H and O–H groups in total. The Hall–Kier alpha value is -2.11. The number of ether oxygens (including phenoxy) is 3. The fourth-order valence-corrected chi connectivity index (χ4v) is 2.73. The first kappa shape index (κ1) is 21.2. The highest BCUT2D eigenvalue weighted by atomic mass is 35.5. The maximum absolute atomic E-state index is 12.7. The Morgan fingerprint density at radius 1 is 1.15 bits per heavy atom. The van der Waals surface area contributed by atoms with Crippen LogP contribution in [0.1, 0.15) is 24.2 Å². The maximum atomic E-state index is 12.7. The van der Waals surface area contributed by atoms with Gasteiger partial charge in [-0.3, -0.25) is 4.79 Å². The zero-order valence-electron chi connectivity index (χ0n) is 15.8. The lowest BCUT2D eigenvalue weighted by Gasteiger charge is -2.20. The van der Waals surface area contributed by atoms with Crippen molar-refractivity contribution in [3.63, 3.8) is 0 Å². The molecule has 1 amide bonds. The summed E-state index contributed by atoms with van der Waals surface area (Å²) in [5.74, 6) is 1.36. The number of hydrogen-bond acceptors (Lipinski definition) is 4. The van der Waals surface area contributed by atoms with E-state index in [1.54, 1.807) is 48.3 Å². The number of methoxy groups -OCH3 is 1. The molecular formula is C20H23Cl2NO4. The smallest absolute Gasteiger partial charge is 0.253 e. The van der Waals surface area contributed by atoms with Crippen molar-refractivity contribution < 1.29 is 19.0 Å². The van der Waals surface area contributed by atoms with E-state index in [2.05, 4.69) is 0 Å². The zero-order valence-corrected chi connectivity index (χ0v) is 17.3. The van der Waals surface area contributed by atoms with E-state index in [0.29, 0.717) is 46.0 Å². The lowest BCUT2D eigenvalue weighted by molar-refractivity contribution is 0.0773. The van der Waals surface area contributed by atoms with Gasteiger partial charge >= 0.3 is 0 Å². The third-order valence-corrected chi connectivity index (χ3v) is 4.22. The van der Waals surface area contributed by atoms with Crippen LogP contribution in [0.25, 0.3) is 0 Å². The average Bonchev–Trinajstić information content (AvgIpc) is 2.63. The minimum Gasteiger partial charge on any atom is -0.493 e. The molecule has 0 heterocycles. The highest BCUT2D eigenvalue weighted by Gasteiger charge is 2.19. The lowest BCUT2D eigenvalue weighted by Crippen LogP contribution is -2.31. The molecule has 2 aromatic rings. The first-order chi connectivity index (χ1) is 12.8. The SMILES string of the molecule is COc1cc(C(=O)N(C)CCOc2ccc(Cl)cc2)cc(Cl)c1OC(C)C. The fourth-order valence-electron chi connectivity index (χ4n) is 2.35. The van der Waals surface area contributed by atoms with Crippen molar-refractivity contribution in [2.75, 3.05) is 27.3 Å². The van der Waals surface area contributed by atoms with Crippen molar-refractivity contribution in [3.8, 4) is 17.2 Å². The topological polar surface area (TPSA) is 48.0 Å². The molecule has 0 fully saturated rings. The summed E-state index contributed by atoms with van der Waals surface area (Å²) in [5.41, 5.74) is 0.418. The molecule has 0 radical (unpaired) electrons. The van der Waals surface area contributed by atoms with Crippen LogP contribution in [0, 0.1) is 0 Å². The molecule has 2 aromatic carbocycles.